The van der Waals surface area contributed by atoms with E-state index in [1.165, 1.54) is 11.8 Å². The fourth-order valence-corrected chi connectivity index (χ4v) is 4.48. The maximum absolute atomic E-state index is 12.5. The smallest absolute Gasteiger partial charge is 0.255 e. The number of aromatic nitrogens is 4. The lowest BCUT2D eigenvalue weighted by Crippen LogP contribution is -2.35. The van der Waals surface area contributed by atoms with Crippen LogP contribution in [0.2, 0.25) is 0 Å². The Bertz CT molecular complexity index is 1220. The average molecular weight is 422 g/mol. The van der Waals surface area contributed by atoms with Crippen LogP contribution in [0.15, 0.2) is 55.9 Å². The van der Waals surface area contributed by atoms with Crippen LogP contribution < -0.4 is 5.56 Å². The average Bonchev–Trinajstić information content (AvgIpc) is 3.34. The molecule has 0 fully saturated rings. The molecule has 0 atom stereocenters. The maximum atomic E-state index is 12.5. The molecule has 0 unspecified atom stereocenters. The highest BCUT2D eigenvalue weighted by molar-refractivity contribution is 7.99. The molecular formula is C22H23N5O2S. The van der Waals surface area contributed by atoms with Gasteiger partial charge in [0, 0.05) is 25.4 Å². The van der Waals surface area contributed by atoms with Crippen molar-refractivity contribution in [1.29, 1.82) is 0 Å². The van der Waals surface area contributed by atoms with Gasteiger partial charge >= 0.3 is 0 Å². The predicted molar refractivity (Wildman–Crippen MR) is 116 cm³/mol. The van der Waals surface area contributed by atoms with Crippen molar-refractivity contribution in [1.82, 2.24) is 24.8 Å². The van der Waals surface area contributed by atoms with Crippen LogP contribution in [0.4, 0.5) is 0 Å². The first-order valence-electron chi connectivity index (χ1n) is 10.1. The second-order valence-corrected chi connectivity index (χ2v) is 8.87. The van der Waals surface area contributed by atoms with Crippen molar-refractivity contribution in [3.63, 3.8) is 0 Å². The van der Waals surface area contributed by atoms with Gasteiger partial charge in [-0.15, -0.1) is 0 Å². The zero-order chi connectivity index (χ0) is 20.7. The van der Waals surface area contributed by atoms with E-state index >= 15 is 0 Å². The van der Waals surface area contributed by atoms with Crippen LogP contribution in [0.5, 0.6) is 0 Å². The van der Waals surface area contributed by atoms with Gasteiger partial charge in [-0.1, -0.05) is 26.0 Å². The Balaban J connectivity index is 1.27. The maximum Gasteiger partial charge on any atom is 0.255 e. The molecule has 2 N–H and O–H groups in total. The molecule has 154 valence electrons. The molecule has 1 aliphatic rings. The molecule has 7 nitrogen and oxygen atoms in total. The van der Waals surface area contributed by atoms with E-state index in [1.807, 2.05) is 50.2 Å². The number of hydrogen-bond donors (Lipinski definition) is 2. The summed E-state index contributed by atoms with van der Waals surface area (Å²) in [5.41, 5.74) is 3.64. The number of H-pyrrole nitrogens is 2. The lowest BCUT2D eigenvalue weighted by atomic mass is 10.1. The number of aromatic amines is 2. The van der Waals surface area contributed by atoms with Crippen LogP contribution in [0.1, 0.15) is 42.6 Å². The van der Waals surface area contributed by atoms with Gasteiger partial charge in [-0.3, -0.25) is 9.69 Å². The van der Waals surface area contributed by atoms with Crippen LogP contribution in [0.25, 0.3) is 11.0 Å². The largest absolute Gasteiger partial charge is 0.453 e. The minimum absolute atomic E-state index is 0.0195. The summed E-state index contributed by atoms with van der Waals surface area (Å²) in [6.45, 7) is 6.18. The van der Waals surface area contributed by atoms with E-state index in [2.05, 4.69) is 24.8 Å². The zero-order valence-electron chi connectivity index (χ0n) is 16.9. The fraction of sp³-hybridized carbons (Fsp3) is 0.318. The van der Waals surface area contributed by atoms with Crippen LogP contribution >= 0.6 is 11.8 Å². The van der Waals surface area contributed by atoms with Crippen molar-refractivity contribution in [3.05, 3.63) is 69.6 Å². The highest BCUT2D eigenvalue weighted by Crippen LogP contribution is 2.29. The zero-order valence-corrected chi connectivity index (χ0v) is 17.8. The van der Waals surface area contributed by atoms with Crippen LogP contribution in [-0.4, -0.2) is 31.4 Å². The molecule has 0 aliphatic carbocycles. The Labute approximate surface area is 177 Å². The van der Waals surface area contributed by atoms with Crippen molar-refractivity contribution < 1.29 is 4.42 Å². The molecule has 3 aromatic heterocycles. The lowest BCUT2D eigenvalue weighted by molar-refractivity contribution is 0.217. The van der Waals surface area contributed by atoms with Gasteiger partial charge in [0.2, 0.25) is 0 Å². The van der Waals surface area contributed by atoms with Crippen LogP contribution in [0.3, 0.4) is 0 Å². The Kier molecular flexibility index (Phi) is 4.96. The number of rotatable bonds is 5. The summed E-state index contributed by atoms with van der Waals surface area (Å²) >= 11 is 1.47. The molecule has 8 heteroatoms. The van der Waals surface area contributed by atoms with Crippen molar-refractivity contribution in [3.8, 4) is 0 Å². The Hall–Kier alpha value is -2.84. The molecule has 0 bridgehead atoms. The van der Waals surface area contributed by atoms with Crippen molar-refractivity contribution in [2.45, 2.75) is 49.5 Å². The normalized spacial score (nSPS) is 14.5. The first-order valence-corrected chi connectivity index (χ1v) is 10.9. The standard InChI is InChI=1S/C22H23N5O2S/c1-13(2)20-23-16-9-10-27(12-15(16)21(28)26-20)11-14-7-8-19(29-14)30-22-24-17-5-3-4-6-18(17)25-22/h3-8,13H,9-12H2,1-2H3,(H,24,25)(H,23,26,28). The number of hydrogen-bond acceptors (Lipinski definition) is 6. The summed E-state index contributed by atoms with van der Waals surface area (Å²) in [5, 5.41) is 1.60. The Morgan fingerprint density at radius 1 is 1.17 bits per heavy atom. The van der Waals surface area contributed by atoms with Gasteiger partial charge in [0.05, 0.1) is 28.8 Å². The predicted octanol–water partition coefficient (Wildman–Crippen LogP) is 4.07. The monoisotopic (exact) mass is 421 g/mol. The van der Waals surface area contributed by atoms with Gasteiger partial charge in [0.15, 0.2) is 10.2 Å². The number of fused-ring (bicyclic) bond motifs is 2. The van der Waals surface area contributed by atoms with E-state index in [1.54, 1.807) is 0 Å². The molecule has 0 saturated heterocycles. The van der Waals surface area contributed by atoms with Crippen molar-refractivity contribution in [2.24, 2.45) is 0 Å². The Morgan fingerprint density at radius 3 is 2.87 bits per heavy atom. The summed E-state index contributed by atoms with van der Waals surface area (Å²) < 4.78 is 6.01. The highest BCUT2D eigenvalue weighted by Gasteiger charge is 2.22. The van der Waals surface area contributed by atoms with E-state index in [-0.39, 0.29) is 11.5 Å². The third-order valence-electron chi connectivity index (χ3n) is 5.29. The van der Waals surface area contributed by atoms with E-state index in [9.17, 15) is 4.79 Å². The second-order valence-electron chi connectivity index (χ2n) is 7.87. The molecular weight excluding hydrogens is 398 g/mol. The number of benzene rings is 1. The molecule has 0 spiro atoms. The third kappa shape index (κ3) is 3.80. The molecule has 4 heterocycles. The summed E-state index contributed by atoms with van der Waals surface area (Å²) in [4.78, 5) is 30.2. The van der Waals surface area contributed by atoms with Gasteiger partial charge in [0.25, 0.3) is 5.56 Å². The molecule has 0 amide bonds. The van der Waals surface area contributed by atoms with E-state index in [4.69, 9.17) is 4.42 Å². The van der Waals surface area contributed by atoms with E-state index < -0.39 is 0 Å². The molecule has 4 aromatic rings. The van der Waals surface area contributed by atoms with Crippen LogP contribution in [0, 0.1) is 0 Å². The summed E-state index contributed by atoms with van der Waals surface area (Å²) in [6, 6.07) is 11.9. The van der Waals surface area contributed by atoms with Crippen molar-refractivity contribution >= 4 is 22.8 Å². The number of para-hydroxylation sites is 2. The van der Waals surface area contributed by atoms with Gasteiger partial charge < -0.3 is 14.4 Å². The van der Waals surface area contributed by atoms with E-state index in [0.717, 1.165) is 57.1 Å². The highest BCUT2D eigenvalue weighted by atomic mass is 32.2. The topological polar surface area (TPSA) is 90.8 Å². The first kappa shape index (κ1) is 19.1. The molecule has 0 radical (unpaired) electrons. The summed E-state index contributed by atoms with van der Waals surface area (Å²) in [6.07, 6.45) is 0.778. The summed E-state index contributed by atoms with van der Waals surface area (Å²) in [5.74, 6) is 1.86. The number of furan rings is 1. The Morgan fingerprint density at radius 2 is 2.03 bits per heavy atom. The van der Waals surface area contributed by atoms with E-state index in [0.29, 0.717) is 13.1 Å². The minimum atomic E-state index is -0.0195. The molecule has 1 aromatic carbocycles. The molecule has 1 aliphatic heterocycles. The number of imidazole rings is 1. The van der Waals surface area contributed by atoms with Gasteiger partial charge in [-0.2, -0.15) is 0 Å². The number of nitrogens with zero attached hydrogens (tertiary/aromatic N) is 3. The quantitative estimate of drug-likeness (QED) is 0.505. The SMILES string of the molecule is CC(C)c1nc2c(c(=O)[nH]1)CN(Cc1ccc(Sc3nc4ccccc4[nH]3)o1)CC2. The van der Waals surface area contributed by atoms with Gasteiger partial charge in [-0.25, -0.2) is 9.97 Å². The minimum Gasteiger partial charge on any atom is -0.453 e. The van der Waals surface area contributed by atoms with Gasteiger partial charge in [0.1, 0.15) is 11.6 Å². The molecule has 0 saturated carbocycles. The molecule has 30 heavy (non-hydrogen) atoms. The fourth-order valence-electron chi connectivity index (χ4n) is 3.70. The second kappa shape index (κ2) is 7.77. The lowest BCUT2D eigenvalue weighted by Gasteiger charge is -2.27. The first-order chi connectivity index (χ1) is 14.5. The van der Waals surface area contributed by atoms with Crippen molar-refractivity contribution in [2.75, 3.05) is 6.54 Å². The number of nitrogens with one attached hydrogen (secondary N) is 2. The third-order valence-corrected chi connectivity index (χ3v) is 6.10. The molecule has 5 rings (SSSR count). The van der Waals surface area contributed by atoms with Crippen LogP contribution in [-0.2, 0) is 19.5 Å². The van der Waals surface area contributed by atoms with Gasteiger partial charge in [-0.05, 0) is 36.0 Å². The summed E-state index contributed by atoms with van der Waals surface area (Å²) in [7, 11) is 0.